The predicted octanol–water partition coefficient (Wildman–Crippen LogP) is 4.39. The second kappa shape index (κ2) is 10.8. The van der Waals surface area contributed by atoms with Crippen LogP contribution in [0.5, 0.6) is 0 Å². The van der Waals surface area contributed by atoms with Gasteiger partial charge in [-0.05, 0) is 35.9 Å². The zero-order valence-corrected chi connectivity index (χ0v) is 19.2. The fraction of sp³-hybridized carbons (Fsp3) is 0.182. The van der Waals surface area contributed by atoms with Gasteiger partial charge in [0.15, 0.2) is 12.0 Å². The summed E-state index contributed by atoms with van der Waals surface area (Å²) in [5.41, 5.74) is -2.46. The van der Waals surface area contributed by atoms with E-state index in [2.05, 4.69) is 20.0 Å². The molecule has 2 N–H and O–H groups in total. The van der Waals surface area contributed by atoms with E-state index in [0.29, 0.717) is 18.3 Å². The molecule has 0 saturated heterocycles. The van der Waals surface area contributed by atoms with Crippen molar-refractivity contribution in [1.29, 1.82) is 5.26 Å². The molecule has 0 amide bonds. The van der Waals surface area contributed by atoms with Crippen LogP contribution in [0.25, 0.3) is 11.3 Å². The van der Waals surface area contributed by atoms with Crippen LogP contribution in [0.1, 0.15) is 11.1 Å². The molecule has 0 aliphatic carbocycles. The first-order chi connectivity index (χ1) is 16.9. The zero-order chi connectivity index (χ0) is 26.5. The lowest BCUT2D eigenvalue weighted by molar-refractivity contribution is -0.137. The maximum Gasteiger partial charge on any atom is 0.416 e. The van der Waals surface area contributed by atoms with E-state index in [1.807, 2.05) is 0 Å². The average molecular weight is 529 g/mol. The van der Waals surface area contributed by atoms with Gasteiger partial charge in [0.25, 0.3) is 0 Å². The number of anilines is 2. The molecule has 0 fully saturated rings. The Morgan fingerprint density at radius 1 is 1.14 bits per heavy atom. The Morgan fingerprint density at radius 3 is 2.53 bits per heavy atom. The van der Waals surface area contributed by atoms with Gasteiger partial charge in [-0.2, -0.15) is 18.4 Å². The van der Waals surface area contributed by atoms with Gasteiger partial charge in [-0.15, -0.1) is 0 Å². The van der Waals surface area contributed by atoms with Gasteiger partial charge in [-0.3, -0.25) is 0 Å². The Kier molecular flexibility index (Phi) is 8.06. The molecule has 36 heavy (non-hydrogen) atoms. The van der Waals surface area contributed by atoms with Crippen molar-refractivity contribution in [3.8, 4) is 17.5 Å². The number of hydrogen-bond donors (Lipinski definition) is 2. The Hall–Kier alpha value is -3.83. The lowest BCUT2D eigenvalue weighted by Crippen LogP contribution is -2.26. The molecule has 7 nitrogen and oxygen atoms in total. The highest BCUT2D eigenvalue weighted by molar-refractivity contribution is 7.99. The van der Waals surface area contributed by atoms with Crippen molar-refractivity contribution < 1.29 is 35.3 Å². The first-order valence-electron chi connectivity index (χ1n) is 9.93. The van der Waals surface area contributed by atoms with Crippen LogP contribution in [-0.2, 0) is 20.6 Å². The fourth-order valence-corrected chi connectivity index (χ4v) is 4.45. The summed E-state index contributed by atoms with van der Waals surface area (Å²) in [4.78, 5) is 7.47. The number of aromatic nitrogens is 2. The SMILES string of the molecule is COCCS(=O)(=Cc1cc(Nc2ncc(F)c(-c3ccc(F)cc3F)n2)cc(C(F)(F)F)c1)NC#N. The molecule has 0 radical (unpaired) electrons. The molecule has 1 heterocycles. The second-order valence-electron chi connectivity index (χ2n) is 7.24. The highest BCUT2D eigenvalue weighted by Crippen LogP contribution is 2.33. The number of hydrogen-bond acceptors (Lipinski definition) is 6. The number of rotatable bonds is 8. The normalized spacial score (nSPS) is 12.9. The van der Waals surface area contributed by atoms with Gasteiger partial charge in [0.1, 0.15) is 17.3 Å². The molecule has 2 aromatic carbocycles. The summed E-state index contributed by atoms with van der Waals surface area (Å²) in [6.45, 7) is -0.0414. The van der Waals surface area contributed by atoms with Crippen LogP contribution in [0.2, 0.25) is 0 Å². The van der Waals surface area contributed by atoms with Crippen molar-refractivity contribution in [3.05, 3.63) is 71.2 Å². The Balaban J connectivity index is 2.07. The van der Waals surface area contributed by atoms with Crippen LogP contribution in [0.3, 0.4) is 0 Å². The smallest absolute Gasteiger partial charge is 0.384 e. The third kappa shape index (κ3) is 6.64. The molecule has 0 saturated carbocycles. The maximum absolute atomic E-state index is 14.3. The molecule has 0 bridgehead atoms. The first-order valence-corrected chi connectivity index (χ1v) is 11.7. The van der Waals surface area contributed by atoms with Crippen molar-refractivity contribution in [2.75, 3.05) is 24.8 Å². The average Bonchev–Trinajstić information content (AvgIpc) is 2.79. The number of nitrogens with zero attached hydrogens (tertiary/aromatic N) is 3. The van der Waals surface area contributed by atoms with Gasteiger partial charge in [0.2, 0.25) is 5.95 Å². The van der Waals surface area contributed by atoms with E-state index in [0.717, 1.165) is 23.6 Å². The van der Waals surface area contributed by atoms with E-state index < -0.39 is 56.1 Å². The van der Waals surface area contributed by atoms with Crippen LogP contribution in [0.15, 0.2) is 42.6 Å². The molecule has 3 rings (SSSR count). The Bertz CT molecular complexity index is 1430. The molecule has 0 aliphatic heterocycles. The van der Waals surface area contributed by atoms with Crippen LogP contribution < -0.4 is 10.0 Å². The number of ether oxygens (including phenoxy) is 1. The lowest BCUT2D eigenvalue weighted by Gasteiger charge is -2.14. The van der Waals surface area contributed by atoms with E-state index in [1.54, 1.807) is 0 Å². The molecule has 3 aromatic rings. The van der Waals surface area contributed by atoms with Gasteiger partial charge in [-0.25, -0.2) is 32.1 Å². The number of alkyl halides is 3. The molecular weight excluding hydrogens is 512 g/mol. The number of halogens is 6. The fourth-order valence-electron chi connectivity index (χ4n) is 3.03. The molecule has 14 heteroatoms. The topological polar surface area (TPSA) is 99.9 Å². The Morgan fingerprint density at radius 2 is 1.89 bits per heavy atom. The van der Waals surface area contributed by atoms with Crippen LogP contribution in [0, 0.1) is 28.9 Å². The minimum absolute atomic E-state index is 0.0414. The van der Waals surface area contributed by atoms with Gasteiger partial charge in [-0.1, -0.05) is 0 Å². The third-order valence-electron chi connectivity index (χ3n) is 4.60. The monoisotopic (exact) mass is 529 g/mol. The molecule has 1 aromatic heterocycles. The van der Waals surface area contributed by atoms with E-state index in [1.165, 1.54) is 19.4 Å². The maximum atomic E-state index is 14.3. The minimum Gasteiger partial charge on any atom is -0.384 e. The minimum atomic E-state index is -4.80. The summed E-state index contributed by atoms with van der Waals surface area (Å²) in [5, 5.41) is 12.4. The van der Waals surface area contributed by atoms with Gasteiger partial charge in [0, 0.05) is 29.8 Å². The quantitative estimate of drug-likeness (QED) is 0.194. The first kappa shape index (κ1) is 26.8. The largest absolute Gasteiger partial charge is 0.416 e. The van der Waals surface area contributed by atoms with Crippen LogP contribution in [-0.4, -0.2) is 39.0 Å². The summed E-state index contributed by atoms with van der Waals surface area (Å²) in [6, 6.07) is 4.97. The summed E-state index contributed by atoms with van der Waals surface area (Å²) in [6.07, 6.45) is -2.62. The van der Waals surface area contributed by atoms with Crippen molar-refractivity contribution >= 4 is 26.7 Å². The van der Waals surface area contributed by atoms with E-state index in [4.69, 9.17) is 10.00 Å². The number of benzene rings is 2. The van der Waals surface area contributed by atoms with Gasteiger partial charge in [0.05, 0.1) is 33.8 Å². The second-order valence-corrected chi connectivity index (χ2v) is 9.54. The summed E-state index contributed by atoms with van der Waals surface area (Å²) in [5.74, 6) is -3.64. The number of methoxy groups -OCH3 is 1. The van der Waals surface area contributed by atoms with E-state index in [-0.39, 0.29) is 23.6 Å². The summed E-state index contributed by atoms with van der Waals surface area (Å²) >= 11 is 0. The zero-order valence-electron chi connectivity index (χ0n) is 18.4. The van der Waals surface area contributed by atoms with Crippen molar-refractivity contribution in [3.63, 3.8) is 0 Å². The molecule has 1 unspecified atom stereocenters. The molecule has 0 aliphatic rings. The highest BCUT2D eigenvalue weighted by Gasteiger charge is 2.31. The molecule has 190 valence electrons. The van der Waals surface area contributed by atoms with Crippen molar-refractivity contribution in [2.45, 2.75) is 6.18 Å². The van der Waals surface area contributed by atoms with Crippen molar-refractivity contribution in [2.24, 2.45) is 0 Å². The summed E-state index contributed by atoms with van der Waals surface area (Å²) < 4.78 is 102. The lowest BCUT2D eigenvalue weighted by atomic mass is 10.1. The predicted molar refractivity (Wildman–Crippen MR) is 121 cm³/mol. The standard InChI is InChI=1S/C22H17F6N5O2S/c1-35-4-5-36(34,31-12-29)11-13-6-14(22(26,27)28)8-16(7-13)32-21-30-10-19(25)20(33-21)17-3-2-15(23)9-18(17)24/h2-3,6-11H,4-5H2,1H3,(H,31,34)(H,30,32,33). The van der Waals surface area contributed by atoms with E-state index in [9.17, 15) is 30.6 Å². The molecule has 1 atom stereocenters. The third-order valence-corrected chi connectivity index (χ3v) is 6.47. The highest BCUT2D eigenvalue weighted by atomic mass is 32.2. The van der Waals surface area contributed by atoms with Gasteiger partial charge >= 0.3 is 6.18 Å². The van der Waals surface area contributed by atoms with E-state index >= 15 is 0 Å². The van der Waals surface area contributed by atoms with Crippen molar-refractivity contribution in [1.82, 2.24) is 14.7 Å². The Labute approximate surface area is 201 Å². The summed E-state index contributed by atoms with van der Waals surface area (Å²) in [7, 11) is -1.95. The molecule has 0 spiro atoms. The van der Waals surface area contributed by atoms with Crippen LogP contribution in [0.4, 0.5) is 38.0 Å². The number of nitrogens with one attached hydrogen (secondary N) is 2. The number of nitriles is 1. The van der Waals surface area contributed by atoms with Gasteiger partial charge < -0.3 is 10.1 Å². The molecular formula is C22H17F6N5O2S. The van der Waals surface area contributed by atoms with Crippen LogP contribution >= 0.6 is 0 Å².